The number of nitrogens with zero attached hydrogens (tertiary/aromatic N) is 2. The molecule has 134 valence electrons. The zero-order valence-corrected chi connectivity index (χ0v) is 15.0. The molecule has 1 aromatic heterocycles. The lowest BCUT2D eigenvalue weighted by Gasteiger charge is -2.19. The number of sulfonamides is 1. The Morgan fingerprint density at radius 2 is 1.96 bits per heavy atom. The molecule has 0 aliphatic heterocycles. The van der Waals surface area contributed by atoms with Crippen molar-refractivity contribution in [2.75, 3.05) is 31.6 Å². The number of methoxy groups -OCH3 is 1. The monoisotopic (exact) mass is 363 g/mol. The lowest BCUT2D eigenvalue weighted by molar-refractivity contribution is 0.0948. The number of carbonyl (C=O) groups is 1. The molecule has 2 aromatic rings. The van der Waals surface area contributed by atoms with Gasteiger partial charge in [0.05, 0.1) is 22.3 Å². The third-order valence-electron chi connectivity index (χ3n) is 3.56. The van der Waals surface area contributed by atoms with Crippen LogP contribution in [-0.4, -0.2) is 46.6 Å². The molecule has 0 aliphatic carbocycles. The van der Waals surface area contributed by atoms with Crippen LogP contribution in [0.15, 0.2) is 53.7 Å². The molecular weight excluding hydrogens is 342 g/mol. The average Bonchev–Trinajstić information content (AvgIpc) is 2.65. The SMILES string of the molecule is COCCCNC(=O)c1cncc(N(C)S(=O)(=O)c2ccccc2)c1. The molecule has 1 aromatic carbocycles. The van der Waals surface area contributed by atoms with Gasteiger partial charge in [-0.2, -0.15) is 0 Å². The molecular formula is C17H21N3O4S. The minimum absolute atomic E-state index is 0.173. The molecule has 7 nitrogen and oxygen atoms in total. The van der Waals surface area contributed by atoms with Gasteiger partial charge >= 0.3 is 0 Å². The summed E-state index contributed by atoms with van der Waals surface area (Å²) < 4.78 is 31.3. The summed E-state index contributed by atoms with van der Waals surface area (Å²) in [5.41, 5.74) is 0.610. The van der Waals surface area contributed by atoms with Crippen LogP contribution in [0.5, 0.6) is 0 Å². The van der Waals surface area contributed by atoms with Gasteiger partial charge in [-0.05, 0) is 24.6 Å². The van der Waals surface area contributed by atoms with Crippen LogP contribution >= 0.6 is 0 Å². The fourth-order valence-electron chi connectivity index (χ4n) is 2.13. The van der Waals surface area contributed by atoms with Crippen molar-refractivity contribution in [1.82, 2.24) is 10.3 Å². The number of benzene rings is 1. The number of pyridine rings is 1. The lowest BCUT2D eigenvalue weighted by atomic mass is 10.2. The Bertz CT molecular complexity index is 810. The number of anilines is 1. The van der Waals surface area contributed by atoms with Crippen LogP contribution in [0.2, 0.25) is 0 Å². The third kappa shape index (κ3) is 4.77. The molecule has 0 saturated heterocycles. The van der Waals surface area contributed by atoms with Crippen LogP contribution in [0.3, 0.4) is 0 Å². The first-order valence-electron chi connectivity index (χ1n) is 7.73. The number of rotatable bonds is 8. The fourth-order valence-corrected chi connectivity index (χ4v) is 3.33. The fraction of sp³-hybridized carbons (Fsp3) is 0.294. The highest BCUT2D eigenvalue weighted by atomic mass is 32.2. The second kappa shape index (κ2) is 8.59. The average molecular weight is 363 g/mol. The Morgan fingerprint density at radius 1 is 1.24 bits per heavy atom. The highest BCUT2D eigenvalue weighted by Crippen LogP contribution is 2.21. The minimum atomic E-state index is -3.71. The van der Waals surface area contributed by atoms with Gasteiger partial charge in [0, 0.05) is 33.5 Å². The maximum absolute atomic E-state index is 12.6. The van der Waals surface area contributed by atoms with E-state index in [-0.39, 0.29) is 10.8 Å². The standard InChI is InChI=1S/C17H21N3O4S/c1-20(25(22,23)16-7-4-3-5-8-16)15-11-14(12-18-13-15)17(21)19-9-6-10-24-2/h3-5,7-8,11-13H,6,9-10H2,1-2H3,(H,19,21). The van der Waals surface area contributed by atoms with Crippen molar-refractivity contribution in [1.29, 1.82) is 0 Å². The topological polar surface area (TPSA) is 88.6 Å². The first kappa shape index (κ1) is 18.9. The zero-order valence-electron chi connectivity index (χ0n) is 14.2. The van der Waals surface area contributed by atoms with Crippen LogP contribution in [-0.2, 0) is 14.8 Å². The molecule has 0 aliphatic rings. The van der Waals surface area contributed by atoms with Crippen molar-refractivity contribution < 1.29 is 17.9 Å². The van der Waals surface area contributed by atoms with Gasteiger partial charge in [0.25, 0.3) is 15.9 Å². The number of amides is 1. The number of carbonyl (C=O) groups excluding carboxylic acids is 1. The summed E-state index contributed by atoms with van der Waals surface area (Å²) in [7, 11) is -0.688. The minimum Gasteiger partial charge on any atom is -0.385 e. The van der Waals surface area contributed by atoms with Gasteiger partial charge in [0.15, 0.2) is 0 Å². The molecule has 0 radical (unpaired) electrons. The Balaban J connectivity index is 2.16. The van der Waals surface area contributed by atoms with Gasteiger partial charge in [-0.3, -0.25) is 14.1 Å². The van der Waals surface area contributed by atoms with Gasteiger partial charge in [-0.1, -0.05) is 18.2 Å². The van der Waals surface area contributed by atoms with Crippen molar-refractivity contribution in [3.8, 4) is 0 Å². The summed E-state index contributed by atoms with van der Waals surface area (Å²) in [6.45, 7) is 1.02. The molecule has 1 amide bonds. The number of hydrogen-bond donors (Lipinski definition) is 1. The van der Waals surface area contributed by atoms with E-state index in [1.54, 1.807) is 25.3 Å². The van der Waals surface area contributed by atoms with Crippen molar-refractivity contribution in [3.05, 3.63) is 54.4 Å². The van der Waals surface area contributed by atoms with E-state index in [0.717, 1.165) is 4.31 Å². The molecule has 0 saturated carbocycles. The van der Waals surface area contributed by atoms with Gasteiger partial charge in [0.2, 0.25) is 0 Å². The Kier molecular flexibility index (Phi) is 6.49. The first-order valence-corrected chi connectivity index (χ1v) is 9.17. The molecule has 1 heterocycles. The summed E-state index contributed by atoms with van der Waals surface area (Å²) in [5, 5.41) is 2.74. The summed E-state index contributed by atoms with van der Waals surface area (Å²) >= 11 is 0. The van der Waals surface area contributed by atoms with E-state index in [4.69, 9.17) is 4.74 Å². The van der Waals surface area contributed by atoms with E-state index in [9.17, 15) is 13.2 Å². The van der Waals surface area contributed by atoms with Gasteiger partial charge in [-0.25, -0.2) is 8.42 Å². The molecule has 0 spiro atoms. The number of hydrogen-bond acceptors (Lipinski definition) is 5. The van der Waals surface area contributed by atoms with Gasteiger partial charge in [-0.15, -0.1) is 0 Å². The molecule has 0 atom stereocenters. The predicted molar refractivity (Wildman–Crippen MR) is 95.1 cm³/mol. The highest BCUT2D eigenvalue weighted by molar-refractivity contribution is 7.92. The number of aromatic nitrogens is 1. The molecule has 1 N–H and O–H groups in total. The number of nitrogens with one attached hydrogen (secondary N) is 1. The van der Waals surface area contributed by atoms with Crippen LogP contribution in [0.1, 0.15) is 16.8 Å². The summed E-state index contributed by atoms with van der Waals surface area (Å²) in [6, 6.07) is 9.59. The maximum atomic E-state index is 12.6. The summed E-state index contributed by atoms with van der Waals surface area (Å²) in [6.07, 6.45) is 3.50. The normalized spacial score (nSPS) is 11.1. The predicted octanol–water partition coefficient (Wildman–Crippen LogP) is 1.67. The Hall–Kier alpha value is -2.45. The molecule has 0 unspecified atom stereocenters. The van der Waals surface area contributed by atoms with E-state index >= 15 is 0 Å². The smallest absolute Gasteiger partial charge is 0.264 e. The van der Waals surface area contributed by atoms with E-state index in [2.05, 4.69) is 10.3 Å². The molecule has 0 bridgehead atoms. The highest BCUT2D eigenvalue weighted by Gasteiger charge is 2.22. The number of ether oxygens (including phenoxy) is 1. The summed E-state index contributed by atoms with van der Waals surface area (Å²) in [4.78, 5) is 16.3. The van der Waals surface area contributed by atoms with E-state index < -0.39 is 10.0 Å². The Labute approximate surface area is 147 Å². The van der Waals surface area contributed by atoms with Crippen LogP contribution < -0.4 is 9.62 Å². The van der Waals surface area contributed by atoms with Crippen molar-refractivity contribution >= 4 is 21.6 Å². The molecule has 8 heteroatoms. The first-order chi connectivity index (χ1) is 12.0. The van der Waals surface area contributed by atoms with E-state index in [1.165, 1.54) is 37.6 Å². The zero-order chi connectivity index (χ0) is 18.3. The Morgan fingerprint density at radius 3 is 2.64 bits per heavy atom. The van der Waals surface area contributed by atoms with Crippen molar-refractivity contribution in [2.24, 2.45) is 0 Å². The van der Waals surface area contributed by atoms with Crippen LogP contribution in [0, 0.1) is 0 Å². The maximum Gasteiger partial charge on any atom is 0.264 e. The van der Waals surface area contributed by atoms with Gasteiger partial charge < -0.3 is 10.1 Å². The molecule has 2 rings (SSSR count). The third-order valence-corrected chi connectivity index (χ3v) is 5.36. The quantitative estimate of drug-likeness (QED) is 0.721. The van der Waals surface area contributed by atoms with Crippen molar-refractivity contribution in [3.63, 3.8) is 0 Å². The van der Waals surface area contributed by atoms with Crippen LogP contribution in [0.25, 0.3) is 0 Å². The second-order valence-corrected chi connectivity index (χ2v) is 7.29. The molecule has 0 fully saturated rings. The lowest BCUT2D eigenvalue weighted by Crippen LogP contribution is -2.28. The van der Waals surface area contributed by atoms with E-state index in [1.807, 2.05) is 0 Å². The summed E-state index contributed by atoms with van der Waals surface area (Å²) in [5.74, 6) is -0.309. The van der Waals surface area contributed by atoms with Crippen molar-refractivity contribution in [2.45, 2.75) is 11.3 Å². The van der Waals surface area contributed by atoms with Gasteiger partial charge in [0.1, 0.15) is 0 Å². The van der Waals surface area contributed by atoms with E-state index in [0.29, 0.717) is 30.8 Å². The second-order valence-electron chi connectivity index (χ2n) is 5.32. The van der Waals surface area contributed by atoms with Crippen LogP contribution in [0.4, 0.5) is 5.69 Å². The largest absolute Gasteiger partial charge is 0.385 e. The molecule has 25 heavy (non-hydrogen) atoms.